The Morgan fingerprint density at radius 2 is 1.88 bits per heavy atom. The molecule has 0 fully saturated rings. The van der Waals surface area contributed by atoms with E-state index < -0.39 is 0 Å². The van der Waals surface area contributed by atoms with Crippen LogP contribution in [-0.2, 0) is 0 Å². The van der Waals surface area contributed by atoms with E-state index in [1.807, 2.05) is 24.3 Å². The predicted octanol–water partition coefficient (Wildman–Crippen LogP) is 4.64. The fourth-order valence-corrected chi connectivity index (χ4v) is 2.01. The van der Waals surface area contributed by atoms with Gasteiger partial charge in [-0.25, -0.2) is 0 Å². The first-order chi connectivity index (χ1) is 8.00. The molecule has 94 valence electrons. The fraction of sp³-hybridized carbons (Fsp3) is 0.429. The second-order valence-electron chi connectivity index (χ2n) is 4.65. The molecule has 0 spiro atoms. The topological polar surface area (TPSA) is 12.0 Å². The summed E-state index contributed by atoms with van der Waals surface area (Å²) < 4.78 is 0. The molecule has 1 rings (SSSR count). The van der Waals surface area contributed by atoms with Crippen molar-refractivity contribution in [3.63, 3.8) is 0 Å². The van der Waals surface area contributed by atoms with Crippen LogP contribution in [0.15, 0.2) is 23.8 Å². The van der Waals surface area contributed by atoms with Gasteiger partial charge in [-0.3, -0.25) is 0 Å². The Labute approximate surface area is 114 Å². The molecule has 0 aliphatic rings. The average molecular weight is 272 g/mol. The molecule has 0 bridgehead atoms. The smallest absolute Gasteiger partial charge is 0.0493 e. The van der Waals surface area contributed by atoms with Crippen molar-refractivity contribution in [2.75, 3.05) is 13.1 Å². The number of rotatable bonds is 5. The van der Waals surface area contributed by atoms with Gasteiger partial charge in [0.15, 0.2) is 0 Å². The van der Waals surface area contributed by atoms with E-state index in [1.54, 1.807) is 0 Å². The largest absolute Gasteiger partial charge is 0.313 e. The molecule has 0 saturated heterocycles. The quantitative estimate of drug-likeness (QED) is 0.823. The molecule has 0 saturated carbocycles. The zero-order valence-corrected chi connectivity index (χ0v) is 12.1. The van der Waals surface area contributed by atoms with Gasteiger partial charge < -0.3 is 5.32 Å². The van der Waals surface area contributed by atoms with E-state index in [1.165, 1.54) is 5.57 Å². The lowest BCUT2D eigenvalue weighted by Crippen LogP contribution is -2.21. The monoisotopic (exact) mass is 271 g/mol. The van der Waals surface area contributed by atoms with Gasteiger partial charge in [-0.2, -0.15) is 0 Å². The molecule has 0 atom stereocenters. The maximum absolute atomic E-state index is 6.11. The first-order valence-electron chi connectivity index (χ1n) is 5.82. The van der Waals surface area contributed by atoms with Crippen LogP contribution in [0.5, 0.6) is 0 Å². The Hall–Kier alpha value is -0.500. The highest BCUT2D eigenvalue weighted by Crippen LogP contribution is 2.26. The summed E-state index contributed by atoms with van der Waals surface area (Å²) in [6.45, 7) is 8.34. The molecule has 1 nitrogen and oxygen atoms in total. The van der Waals surface area contributed by atoms with Crippen LogP contribution in [0.1, 0.15) is 26.3 Å². The molecule has 0 unspecified atom stereocenters. The Kier molecular flexibility index (Phi) is 6.04. The summed E-state index contributed by atoms with van der Waals surface area (Å²) in [7, 11) is 0. The van der Waals surface area contributed by atoms with Crippen molar-refractivity contribution in [3.8, 4) is 0 Å². The van der Waals surface area contributed by atoms with Gasteiger partial charge in [-0.1, -0.05) is 54.8 Å². The summed E-state index contributed by atoms with van der Waals surface area (Å²) in [6.07, 6.45) is 2.04. The van der Waals surface area contributed by atoms with Crippen LogP contribution < -0.4 is 5.32 Å². The summed E-state index contributed by atoms with van der Waals surface area (Å²) in [5.41, 5.74) is 2.13. The lowest BCUT2D eigenvalue weighted by molar-refractivity contribution is 0.572. The summed E-state index contributed by atoms with van der Waals surface area (Å²) >= 11 is 12.2. The molecule has 3 heteroatoms. The predicted molar refractivity (Wildman–Crippen MR) is 77.8 cm³/mol. The van der Waals surface area contributed by atoms with E-state index >= 15 is 0 Å². The van der Waals surface area contributed by atoms with Gasteiger partial charge in [-0.05, 0) is 31.5 Å². The highest BCUT2D eigenvalue weighted by Gasteiger charge is 2.02. The Morgan fingerprint density at radius 3 is 2.41 bits per heavy atom. The van der Waals surface area contributed by atoms with Crippen LogP contribution in [0, 0.1) is 5.92 Å². The van der Waals surface area contributed by atoms with Crippen molar-refractivity contribution in [3.05, 3.63) is 39.4 Å². The van der Waals surface area contributed by atoms with Gasteiger partial charge in [0.2, 0.25) is 0 Å². The van der Waals surface area contributed by atoms with Gasteiger partial charge in [0.1, 0.15) is 0 Å². The van der Waals surface area contributed by atoms with Crippen LogP contribution in [-0.4, -0.2) is 13.1 Å². The summed E-state index contributed by atoms with van der Waals surface area (Å²) in [4.78, 5) is 0. The van der Waals surface area contributed by atoms with Gasteiger partial charge in [0.25, 0.3) is 0 Å². The molecule has 0 aromatic heterocycles. The molecule has 0 heterocycles. The maximum Gasteiger partial charge on any atom is 0.0493 e. The molecule has 17 heavy (non-hydrogen) atoms. The number of hydrogen-bond acceptors (Lipinski definition) is 1. The maximum atomic E-state index is 6.11. The minimum atomic E-state index is 0.659. The number of benzene rings is 1. The van der Waals surface area contributed by atoms with Crippen LogP contribution in [0.3, 0.4) is 0 Å². The zero-order valence-electron chi connectivity index (χ0n) is 10.6. The summed E-state index contributed by atoms with van der Waals surface area (Å²) in [5.74, 6) is 0.659. The fourth-order valence-electron chi connectivity index (χ4n) is 1.50. The van der Waals surface area contributed by atoms with Crippen LogP contribution in [0.2, 0.25) is 10.0 Å². The van der Waals surface area contributed by atoms with Crippen molar-refractivity contribution in [2.24, 2.45) is 5.92 Å². The van der Waals surface area contributed by atoms with Crippen molar-refractivity contribution in [1.29, 1.82) is 0 Å². The highest BCUT2D eigenvalue weighted by atomic mass is 35.5. The Balaban J connectivity index is 2.67. The highest BCUT2D eigenvalue weighted by molar-refractivity contribution is 6.37. The number of nitrogens with one attached hydrogen (secondary N) is 1. The van der Waals surface area contributed by atoms with E-state index in [0.29, 0.717) is 16.0 Å². The average Bonchev–Trinajstić information content (AvgIpc) is 2.23. The summed E-state index contributed by atoms with van der Waals surface area (Å²) in [6, 6.07) is 5.57. The SMILES string of the molecule is CC(=Cc1c(Cl)cccc1Cl)CNCC(C)C. The third-order valence-corrected chi connectivity index (χ3v) is 3.01. The number of halogens is 2. The molecule has 1 aromatic rings. The first-order valence-corrected chi connectivity index (χ1v) is 6.58. The Bertz CT molecular complexity index is 377. The lowest BCUT2D eigenvalue weighted by Gasteiger charge is -2.08. The molecule has 0 radical (unpaired) electrons. The van der Waals surface area contributed by atoms with Crippen LogP contribution >= 0.6 is 23.2 Å². The molecule has 0 amide bonds. The van der Waals surface area contributed by atoms with E-state index in [-0.39, 0.29) is 0 Å². The van der Waals surface area contributed by atoms with Crippen molar-refractivity contribution < 1.29 is 0 Å². The van der Waals surface area contributed by atoms with Crippen molar-refractivity contribution >= 4 is 29.3 Å². The number of hydrogen-bond donors (Lipinski definition) is 1. The zero-order chi connectivity index (χ0) is 12.8. The molecular weight excluding hydrogens is 253 g/mol. The van der Waals surface area contributed by atoms with Crippen LogP contribution in [0.4, 0.5) is 0 Å². The third-order valence-electron chi connectivity index (χ3n) is 2.35. The van der Waals surface area contributed by atoms with Crippen molar-refractivity contribution in [2.45, 2.75) is 20.8 Å². The van der Waals surface area contributed by atoms with Gasteiger partial charge >= 0.3 is 0 Å². The second kappa shape index (κ2) is 7.05. The van der Waals surface area contributed by atoms with E-state index in [9.17, 15) is 0 Å². The molecule has 0 aliphatic carbocycles. The Morgan fingerprint density at radius 1 is 1.29 bits per heavy atom. The minimum Gasteiger partial charge on any atom is -0.313 e. The third kappa shape index (κ3) is 5.12. The standard InChI is InChI=1S/C14H19Cl2N/c1-10(2)8-17-9-11(3)7-12-13(15)5-4-6-14(12)16/h4-7,10,17H,8-9H2,1-3H3. The second-order valence-corrected chi connectivity index (χ2v) is 5.47. The molecule has 1 aromatic carbocycles. The molecule has 1 N–H and O–H groups in total. The normalized spacial score (nSPS) is 12.2. The lowest BCUT2D eigenvalue weighted by atomic mass is 10.1. The molecular formula is C14H19Cl2N. The van der Waals surface area contributed by atoms with Gasteiger partial charge in [-0.15, -0.1) is 0 Å². The van der Waals surface area contributed by atoms with Gasteiger partial charge in [0.05, 0.1) is 0 Å². The van der Waals surface area contributed by atoms with Crippen LogP contribution in [0.25, 0.3) is 6.08 Å². The van der Waals surface area contributed by atoms with Gasteiger partial charge in [0, 0.05) is 22.2 Å². The molecule has 0 aliphatic heterocycles. The van der Waals surface area contributed by atoms with E-state index in [0.717, 1.165) is 18.7 Å². The summed E-state index contributed by atoms with van der Waals surface area (Å²) in [5, 5.41) is 4.78. The first kappa shape index (κ1) is 14.6. The van der Waals surface area contributed by atoms with Crippen molar-refractivity contribution in [1.82, 2.24) is 5.32 Å². The minimum absolute atomic E-state index is 0.659. The van der Waals surface area contributed by atoms with E-state index in [4.69, 9.17) is 23.2 Å². The van der Waals surface area contributed by atoms with E-state index in [2.05, 4.69) is 26.1 Å².